The Morgan fingerprint density at radius 2 is 0.560 bits per heavy atom. The average Bonchev–Trinajstić information content (AvgIpc) is 3.36. The van der Waals surface area contributed by atoms with Crippen molar-refractivity contribution in [2.24, 2.45) is 0 Å². The molecule has 0 aliphatic carbocycles. The number of halogens is 12. The van der Waals surface area contributed by atoms with E-state index in [-0.39, 0.29) is 122 Å². The fourth-order valence-electron chi connectivity index (χ4n) is 5.31. The normalized spacial score (nSPS) is 11.7. The fourth-order valence-corrected chi connectivity index (χ4v) is 5.31. The number of piperidine rings is 1. The van der Waals surface area contributed by atoms with Crippen LogP contribution in [-0.2, 0) is 19.2 Å². The van der Waals surface area contributed by atoms with Crippen LogP contribution in [0.15, 0.2) is 97.1 Å². The van der Waals surface area contributed by atoms with Gasteiger partial charge in [0.05, 0.1) is 28.4 Å². The van der Waals surface area contributed by atoms with E-state index in [1.54, 1.807) is 24.3 Å². The molecule has 408 valence electrons. The van der Waals surface area contributed by atoms with Gasteiger partial charge in [0.2, 0.25) is 0 Å². The van der Waals surface area contributed by atoms with Gasteiger partial charge in [0.15, 0.2) is 23.1 Å². The summed E-state index contributed by atoms with van der Waals surface area (Å²) < 4.78 is 163. The number of carbonyl (C=O) groups excluding carboxylic acids is 8. The standard InChI is InChI=1S/4C11H8F3O3.C5H11N.Eu/c4*1-17-9-5-3-2-4-7(9)8(15)6-10(16)11(12,13)14;1-2-4-6-5-3-1;/h4*2-6H,1H3;6H,1-5H2;/q4*-1;;+3/p+1. The second-order valence-corrected chi connectivity index (χ2v) is 14.1. The topological polar surface area (TPSA) is 186 Å². The van der Waals surface area contributed by atoms with Gasteiger partial charge >= 0.3 is 75.5 Å². The summed E-state index contributed by atoms with van der Waals surface area (Å²) in [7, 11) is 5.10. The number of ether oxygens (including phenoxy) is 4. The van der Waals surface area contributed by atoms with Gasteiger partial charge in [-0.15, -0.1) is 49.9 Å². The summed E-state index contributed by atoms with van der Waals surface area (Å²) in [6.45, 7) is 2.50. The summed E-state index contributed by atoms with van der Waals surface area (Å²) in [6.07, 6.45) is -15.9. The van der Waals surface area contributed by atoms with E-state index >= 15 is 0 Å². The number of ketones is 8. The number of para-hydroxylation sites is 4. The van der Waals surface area contributed by atoms with E-state index in [9.17, 15) is 91.0 Å². The van der Waals surface area contributed by atoms with Crippen molar-refractivity contribution in [3.05, 3.63) is 145 Å². The van der Waals surface area contributed by atoms with Crippen molar-refractivity contribution in [1.82, 2.24) is 5.32 Å². The maximum Gasteiger partial charge on any atom is 3.00 e. The number of carbonyl (C=O) groups is 8. The third-order valence-corrected chi connectivity index (χ3v) is 8.86. The van der Waals surface area contributed by atoms with Crippen LogP contribution in [0, 0.1) is 75.1 Å². The molecule has 0 saturated carbocycles. The molecule has 1 aliphatic rings. The maximum atomic E-state index is 11.9. The molecule has 4 aromatic rings. The molecule has 5 rings (SSSR count). The van der Waals surface area contributed by atoms with Crippen LogP contribution in [0.2, 0.25) is 0 Å². The average molecular weight is 1220 g/mol. The van der Waals surface area contributed by atoms with E-state index in [0.717, 1.165) is 0 Å². The molecule has 75 heavy (non-hydrogen) atoms. The van der Waals surface area contributed by atoms with Crippen LogP contribution in [0.5, 0.6) is 23.0 Å². The zero-order valence-electron chi connectivity index (χ0n) is 40.4. The Morgan fingerprint density at radius 3 is 0.693 bits per heavy atom. The molecule has 0 aromatic heterocycles. The fraction of sp³-hybridized carbons (Fsp3) is 0.265. The third-order valence-electron chi connectivity index (χ3n) is 8.86. The van der Waals surface area contributed by atoms with E-state index in [0.29, 0.717) is 0 Å². The first kappa shape index (κ1) is 68.6. The summed E-state index contributed by atoms with van der Waals surface area (Å²) in [6, 6.07) is 22.8. The predicted molar refractivity (Wildman–Crippen MR) is 239 cm³/mol. The number of rotatable bonds is 16. The SMILES string of the molecule is C1CCNCC1.COc1ccccc1C(=O)[CH-]C(=O)C(F)(F)F.COc1ccccc1C(=O)[CH-]C(=O)C(F)(F)F.COc1ccccc1C(=O)[CH-]C(=O)C(F)(F)F.COc1ccccc1C(=O)[CH-]C(=O)C(F)(F)F.[Eu+3].[H+]. The smallest absolute Gasteiger partial charge is 0.515 e. The zero-order chi connectivity index (χ0) is 56.5. The first-order valence-electron chi connectivity index (χ1n) is 20.7. The second-order valence-electron chi connectivity index (χ2n) is 14.1. The van der Waals surface area contributed by atoms with E-state index in [4.69, 9.17) is 18.9 Å². The van der Waals surface area contributed by atoms with Crippen molar-refractivity contribution in [1.29, 1.82) is 0 Å². The molecule has 4 aromatic carbocycles. The van der Waals surface area contributed by atoms with Crippen LogP contribution < -0.4 is 24.3 Å². The van der Waals surface area contributed by atoms with Crippen LogP contribution in [0.1, 0.15) is 62.1 Å². The Labute approximate surface area is 463 Å². The molecule has 1 heterocycles. The van der Waals surface area contributed by atoms with Crippen LogP contribution in [-0.4, -0.2) is 112 Å². The van der Waals surface area contributed by atoms with Gasteiger partial charge in [-0.25, -0.2) is 0 Å². The van der Waals surface area contributed by atoms with Gasteiger partial charge < -0.3 is 62.6 Å². The quantitative estimate of drug-likeness (QED) is 0.0484. The number of hydrogen-bond acceptors (Lipinski definition) is 13. The van der Waals surface area contributed by atoms with Gasteiger partial charge in [0, 0.05) is 46.1 Å². The molecule has 1 N–H and O–H groups in total. The van der Waals surface area contributed by atoms with Crippen LogP contribution in [0.3, 0.4) is 0 Å². The third kappa shape index (κ3) is 25.1. The number of methoxy groups -OCH3 is 4. The Bertz CT molecular complexity index is 2200. The number of nitrogens with one attached hydrogen (secondary N) is 1. The zero-order valence-corrected chi connectivity index (χ0v) is 41.8. The monoisotopic (exact) mass is 1220 g/mol. The molecular formula is C49H44EuF12NO12. The summed E-state index contributed by atoms with van der Waals surface area (Å²) in [5, 5.41) is 3.28. The summed E-state index contributed by atoms with van der Waals surface area (Å²) >= 11 is 0. The van der Waals surface area contributed by atoms with E-state index in [1.807, 2.05) is 0 Å². The van der Waals surface area contributed by atoms with Crippen molar-refractivity contribution in [2.45, 2.75) is 44.0 Å². The molecule has 13 nitrogen and oxygen atoms in total. The molecule has 1 saturated heterocycles. The minimum atomic E-state index is -5.04. The number of benzene rings is 4. The van der Waals surface area contributed by atoms with E-state index in [2.05, 4.69) is 5.32 Å². The molecule has 0 atom stereocenters. The molecule has 0 spiro atoms. The van der Waals surface area contributed by atoms with Gasteiger partial charge in [-0.3, -0.25) is 0 Å². The Hall–Kier alpha value is -6.38. The molecule has 0 unspecified atom stereocenters. The van der Waals surface area contributed by atoms with Crippen LogP contribution in [0.25, 0.3) is 0 Å². The molecule has 0 bridgehead atoms. The second kappa shape index (κ2) is 32.8. The summed E-state index contributed by atoms with van der Waals surface area (Å²) in [4.78, 5) is 88.1. The van der Waals surface area contributed by atoms with E-state index in [1.165, 1.54) is 134 Å². The minimum Gasteiger partial charge on any atom is -0.515 e. The van der Waals surface area contributed by atoms with Crippen molar-refractivity contribution in [2.75, 3.05) is 41.5 Å². The van der Waals surface area contributed by atoms with Gasteiger partial charge in [0.1, 0.15) is 0 Å². The number of Topliss-reactive ketones (excluding diaryl/α,β-unsaturated/α-hetero) is 8. The van der Waals surface area contributed by atoms with Gasteiger partial charge in [-0.2, -0.15) is 52.7 Å². The van der Waals surface area contributed by atoms with Crippen molar-refractivity contribution in [3.63, 3.8) is 0 Å². The summed E-state index contributed by atoms with van der Waals surface area (Å²) in [5.41, 5.74) is -0.361. The predicted octanol–water partition coefficient (Wildman–Crippen LogP) is 9.73. The Balaban J connectivity index is 0. The Morgan fingerprint density at radius 1 is 0.373 bits per heavy atom. The first-order valence-corrected chi connectivity index (χ1v) is 20.7. The number of hydrogen-bond donors (Lipinski definition) is 1. The van der Waals surface area contributed by atoms with Gasteiger partial charge in [-0.05, 0) is 50.2 Å². The first-order chi connectivity index (χ1) is 34.4. The minimum absolute atomic E-state index is 0. The summed E-state index contributed by atoms with van der Waals surface area (Å²) in [5.74, 6) is -12.4. The maximum absolute atomic E-state index is 11.9. The largest absolute Gasteiger partial charge is 3.00 e. The van der Waals surface area contributed by atoms with Crippen LogP contribution in [0.4, 0.5) is 52.7 Å². The molecule has 26 heteroatoms. The molecule has 1 fully saturated rings. The van der Waals surface area contributed by atoms with E-state index < -0.39 is 71.0 Å². The van der Waals surface area contributed by atoms with Crippen LogP contribution >= 0.6 is 0 Å². The number of alkyl halides is 12. The molecular weight excluding hydrogens is 1170 g/mol. The molecule has 1 aliphatic heterocycles. The molecule has 0 radical (unpaired) electrons. The Kier molecular flexibility index (Phi) is 30.0. The van der Waals surface area contributed by atoms with Crippen molar-refractivity contribution in [3.8, 4) is 23.0 Å². The van der Waals surface area contributed by atoms with Crippen molar-refractivity contribution < 1.29 is 161 Å². The van der Waals surface area contributed by atoms with Gasteiger partial charge in [-0.1, -0.05) is 77.2 Å². The van der Waals surface area contributed by atoms with Gasteiger partial charge in [0.25, 0.3) is 0 Å². The van der Waals surface area contributed by atoms with Crippen molar-refractivity contribution >= 4 is 46.3 Å². The molecule has 0 amide bonds.